The van der Waals surface area contributed by atoms with Crippen LogP contribution in [0.5, 0.6) is 0 Å². The smallest absolute Gasteiger partial charge is 0.288 e. The fourth-order valence-electron chi connectivity index (χ4n) is 3.06. The summed E-state index contributed by atoms with van der Waals surface area (Å²) in [6.07, 6.45) is 0. The van der Waals surface area contributed by atoms with Gasteiger partial charge < -0.3 is 15.7 Å². The van der Waals surface area contributed by atoms with Gasteiger partial charge in [-0.05, 0) is 31.0 Å². The zero-order chi connectivity index (χ0) is 27.8. The molecule has 0 fully saturated rings. The Hall–Kier alpha value is -3.32. The van der Waals surface area contributed by atoms with E-state index in [4.69, 9.17) is 28.9 Å². The van der Waals surface area contributed by atoms with Gasteiger partial charge in [-0.1, -0.05) is 71.0 Å². The number of nitrogens with zero attached hydrogens (tertiary/aromatic N) is 3. The first-order chi connectivity index (χ1) is 18.0. The summed E-state index contributed by atoms with van der Waals surface area (Å²) in [4.78, 5) is 46.5. The van der Waals surface area contributed by atoms with Crippen molar-refractivity contribution in [3.05, 3.63) is 112 Å². The number of nitrogens with one attached hydrogen (secondary N) is 2. The Kier molecular flexibility index (Phi) is 10.4. The van der Waals surface area contributed by atoms with E-state index in [1.165, 1.54) is 41.7 Å². The van der Waals surface area contributed by atoms with Crippen LogP contribution in [0.2, 0.25) is 10.0 Å². The van der Waals surface area contributed by atoms with Crippen molar-refractivity contribution in [3.8, 4) is 0 Å². The van der Waals surface area contributed by atoms with E-state index in [-0.39, 0.29) is 21.8 Å². The molecule has 4 aromatic rings. The molecule has 2 aromatic heterocycles. The van der Waals surface area contributed by atoms with Gasteiger partial charge in [-0.15, -0.1) is 0 Å². The lowest BCUT2D eigenvalue weighted by atomic mass is 10.2. The zero-order valence-corrected chi connectivity index (χ0v) is 23.3. The number of aromatic amines is 2. The second-order valence-electron chi connectivity index (χ2n) is 7.79. The number of nitro groups is 1. The summed E-state index contributed by atoms with van der Waals surface area (Å²) in [6, 6.07) is 13.0. The second kappa shape index (κ2) is 13.5. The van der Waals surface area contributed by atoms with E-state index in [0.29, 0.717) is 49.5 Å². The molecule has 4 rings (SSSR count). The molecule has 2 aromatic carbocycles. The molecule has 10 nitrogen and oxygen atoms in total. The third-order valence-electron chi connectivity index (χ3n) is 4.79. The third-order valence-corrected chi connectivity index (χ3v) is 7.53. The minimum Gasteiger partial charge on any atom is -0.398 e. The average Bonchev–Trinajstić information content (AvgIpc) is 2.83. The largest absolute Gasteiger partial charge is 0.398 e. The topological polar surface area (TPSA) is 161 Å². The van der Waals surface area contributed by atoms with Gasteiger partial charge in [-0.3, -0.25) is 19.7 Å². The van der Waals surface area contributed by atoms with Gasteiger partial charge >= 0.3 is 0 Å². The molecule has 38 heavy (non-hydrogen) atoms. The van der Waals surface area contributed by atoms with E-state index in [2.05, 4.69) is 19.9 Å². The number of hydrogen-bond acceptors (Lipinski definition) is 9. The summed E-state index contributed by atoms with van der Waals surface area (Å²) in [7, 11) is 0. The lowest BCUT2D eigenvalue weighted by Gasteiger charge is -2.06. The van der Waals surface area contributed by atoms with Gasteiger partial charge in [0.05, 0.1) is 15.6 Å². The molecule has 0 amide bonds. The number of benzene rings is 2. The molecule has 0 aliphatic carbocycles. The molecule has 0 atom stereocenters. The maximum Gasteiger partial charge on any atom is 0.288 e. The Morgan fingerprint density at radius 3 is 1.82 bits per heavy atom. The molecule has 14 heteroatoms. The summed E-state index contributed by atoms with van der Waals surface area (Å²) >= 11 is 14.8. The highest BCUT2D eigenvalue weighted by atomic mass is 35.5. The fraction of sp³-hybridized carbons (Fsp3) is 0.167. The quantitative estimate of drug-likeness (QED) is 0.0822. The standard InChI is InChI=1S/C12H10ClN3O3S.C12H12ClN3OS/c1-7-5-10(17)15-12(14-7)20-6-8-3-2-4-9(11(8)13)16(18)19;1-7-5-10(17)16-12(15-7)18-6-8-3-2-4-9(14)11(8)13/h2-5H,6H2,1H3,(H,14,15,17);2-5H,6,14H2,1H3,(H,15,16,17). The van der Waals surface area contributed by atoms with Crippen molar-refractivity contribution in [2.45, 2.75) is 35.7 Å². The second-order valence-corrected chi connectivity index (χ2v) is 10.5. The van der Waals surface area contributed by atoms with Crippen LogP contribution in [-0.4, -0.2) is 24.9 Å². The van der Waals surface area contributed by atoms with Crippen molar-refractivity contribution in [2.24, 2.45) is 0 Å². The highest BCUT2D eigenvalue weighted by molar-refractivity contribution is 7.98. The van der Waals surface area contributed by atoms with Crippen molar-refractivity contribution >= 4 is 58.1 Å². The number of hydrogen-bond donors (Lipinski definition) is 3. The van der Waals surface area contributed by atoms with Crippen molar-refractivity contribution < 1.29 is 4.92 Å². The molecule has 2 heterocycles. The number of nitro benzene ring substituents is 1. The van der Waals surface area contributed by atoms with Gasteiger partial charge in [0.2, 0.25) is 0 Å². The number of nitrogens with two attached hydrogens (primary N) is 1. The van der Waals surface area contributed by atoms with Crippen molar-refractivity contribution in [1.29, 1.82) is 0 Å². The minimum atomic E-state index is -0.525. The van der Waals surface area contributed by atoms with E-state index >= 15 is 0 Å². The molecule has 0 aliphatic heterocycles. The number of aromatic nitrogens is 4. The number of thioether (sulfide) groups is 2. The molecule has 0 radical (unpaired) electrons. The highest BCUT2D eigenvalue weighted by Gasteiger charge is 2.15. The summed E-state index contributed by atoms with van der Waals surface area (Å²) in [5.74, 6) is 0.989. The predicted octanol–water partition coefficient (Wildman–Crippen LogP) is 5.54. The zero-order valence-electron chi connectivity index (χ0n) is 20.2. The van der Waals surface area contributed by atoms with Gasteiger partial charge in [-0.25, -0.2) is 9.97 Å². The van der Waals surface area contributed by atoms with Gasteiger partial charge in [0, 0.05) is 41.1 Å². The Labute approximate surface area is 235 Å². The Balaban J connectivity index is 0.000000212. The highest BCUT2D eigenvalue weighted by Crippen LogP contribution is 2.31. The molecule has 0 aliphatic rings. The third kappa shape index (κ3) is 8.35. The lowest BCUT2D eigenvalue weighted by Crippen LogP contribution is -2.08. The molecule has 0 bridgehead atoms. The predicted molar refractivity (Wildman–Crippen MR) is 152 cm³/mol. The van der Waals surface area contributed by atoms with E-state index in [1.54, 1.807) is 32.0 Å². The molecular weight excluding hydrogens is 571 g/mol. The maximum atomic E-state index is 11.3. The van der Waals surface area contributed by atoms with Crippen LogP contribution in [0.15, 0.2) is 68.4 Å². The molecule has 0 unspecified atom stereocenters. The summed E-state index contributed by atoms with van der Waals surface area (Å²) in [5.41, 5.74) is 8.62. The van der Waals surface area contributed by atoms with Crippen LogP contribution in [0.25, 0.3) is 0 Å². The fourth-order valence-corrected chi connectivity index (χ4v) is 5.50. The van der Waals surface area contributed by atoms with Gasteiger partial charge in [0.1, 0.15) is 5.02 Å². The first-order valence-electron chi connectivity index (χ1n) is 10.9. The normalized spacial score (nSPS) is 10.5. The number of anilines is 1. The molecule has 4 N–H and O–H groups in total. The van der Waals surface area contributed by atoms with Crippen LogP contribution in [0, 0.1) is 24.0 Å². The van der Waals surface area contributed by atoms with E-state index in [1.807, 2.05) is 12.1 Å². The Morgan fingerprint density at radius 1 is 0.868 bits per heavy atom. The van der Waals surface area contributed by atoms with Crippen molar-refractivity contribution in [1.82, 2.24) is 19.9 Å². The SMILES string of the molecule is Cc1cc(=O)[nH]c(SCc2cccc(N)c2Cl)n1.Cc1cc(=O)[nH]c(SCc2cccc([N+](=O)[O-])c2Cl)n1. The van der Waals surface area contributed by atoms with Crippen molar-refractivity contribution in [2.75, 3.05) is 5.73 Å². The van der Waals surface area contributed by atoms with E-state index in [0.717, 1.165) is 5.56 Å². The Bertz CT molecular complexity index is 1580. The van der Waals surface area contributed by atoms with Crippen LogP contribution in [-0.2, 0) is 11.5 Å². The summed E-state index contributed by atoms with van der Waals surface area (Å²) in [6.45, 7) is 3.51. The maximum absolute atomic E-state index is 11.3. The molecule has 0 spiro atoms. The number of halogens is 2. The molecule has 0 saturated heterocycles. The number of rotatable bonds is 7. The summed E-state index contributed by atoms with van der Waals surface area (Å²) < 4.78 is 0. The van der Waals surface area contributed by atoms with Crippen LogP contribution >= 0.6 is 46.7 Å². The van der Waals surface area contributed by atoms with Gasteiger partial charge in [0.25, 0.3) is 16.8 Å². The van der Waals surface area contributed by atoms with Crippen LogP contribution in [0.4, 0.5) is 11.4 Å². The average molecular weight is 594 g/mol. The van der Waals surface area contributed by atoms with E-state index in [9.17, 15) is 19.7 Å². The number of aryl methyl sites for hydroxylation is 2. The van der Waals surface area contributed by atoms with Crippen LogP contribution in [0.3, 0.4) is 0 Å². The van der Waals surface area contributed by atoms with Crippen molar-refractivity contribution in [3.63, 3.8) is 0 Å². The van der Waals surface area contributed by atoms with Gasteiger partial charge in [-0.2, -0.15) is 0 Å². The Morgan fingerprint density at radius 2 is 1.34 bits per heavy atom. The minimum absolute atomic E-state index is 0.111. The van der Waals surface area contributed by atoms with E-state index < -0.39 is 4.92 Å². The van der Waals surface area contributed by atoms with Crippen LogP contribution in [0.1, 0.15) is 22.5 Å². The lowest BCUT2D eigenvalue weighted by molar-refractivity contribution is -0.384. The number of nitrogen functional groups attached to an aromatic ring is 1. The molecule has 0 saturated carbocycles. The first kappa shape index (κ1) is 29.2. The van der Waals surface area contributed by atoms with Crippen LogP contribution < -0.4 is 16.9 Å². The number of H-pyrrole nitrogens is 2. The first-order valence-corrected chi connectivity index (χ1v) is 13.6. The molecule has 198 valence electrons. The summed E-state index contributed by atoms with van der Waals surface area (Å²) in [5, 5.41) is 12.5. The monoisotopic (exact) mass is 592 g/mol. The molecular formula is C24H22Cl2N6O4S2. The van der Waals surface area contributed by atoms with Gasteiger partial charge in [0.15, 0.2) is 10.3 Å².